The van der Waals surface area contributed by atoms with Crippen LogP contribution in [0.4, 0.5) is 0 Å². The summed E-state index contributed by atoms with van der Waals surface area (Å²) >= 11 is 0. The van der Waals surface area contributed by atoms with Crippen LogP contribution in [0, 0.1) is 52.3 Å². The van der Waals surface area contributed by atoms with E-state index in [0.717, 1.165) is 49.9 Å². The Morgan fingerprint density at radius 1 is 0.814 bits per heavy atom. The second kappa shape index (κ2) is 23.1. The molecule has 0 spiro atoms. The lowest BCUT2D eigenvalue weighted by atomic mass is 9.46. The number of esters is 1. The molecule has 3 saturated carbocycles. The Hall–Kier alpha value is -1.03. The van der Waals surface area contributed by atoms with Crippen LogP contribution in [0.3, 0.4) is 0 Å². The van der Waals surface area contributed by atoms with Crippen molar-refractivity contribution < 1.29 is 39.4 Å². The van der Waals surface area contributed by atoms with Crippen LogP contribution in [0.5, 0.6) is 0 Å². The molecule has 4 fully saturated rings. The van der Waals surface area contributed by atoms with Gasteiger partial charge in [0.25, 0.3) is 0 Å². The van der Waals surface area contributed by atoms with Gasteiger partial charge in [0.15, 0.2) is 12.4 Å². The van der Waals surface area contributed by atoms with Crippen molar-refractivity contribution >= 4 is 5.97 Å². The number of ether oxygens (including phenoxy) is 3. The largest absolute Gasteiger partial charge is 0.454 e. The van der Waals surface area contributed by atoms with Crippen LogP contribution in [0.25, 0.3) is 0 Å². The third-order valence-electron chi connectivity index (χ3n) is 17.2. The summed E-state index contributed by atoms with van der Waals surface area (Å²) in [4.78, 5) is 13.1. The lowest BCUT2D eigenvalue weighted by molar-refractivity contribution is -0.315. The highest BCUT2D eigenvalue weighted by atomic mass is 16.7. The van der Waals surface area contributed by atoms with Crippen LogP contribution in [0.1, 0.15) is 203 Å². The zero-order chi connectivity index (χ0) is 42.7. The van der Waals surface area contributed by atoms with Crippen LogP contribution in [0.15, 0.2) is 11.6 Å². The molecule has 4 aliphatic carbocycles. The van der Waals surface area contributed by atoms with Gasteiger partial charge in [-0.05, 0) is 110 Å². The molecule has 59 heavy (non-hydrogen) atoms. The first-order valence-corrected chi connectivity index (χ1v) is 25.2. The smallest absolute Gasteiger partial charge is 0.306 e. The second-order valence-electron chi connectivity index (χ2n) is 21.2. The van der Waals surface area contributed by atoms with Crippen molar-refractivity contribution in [3.63, 3.8) is 0 Å². The minimum absolute atomic E-state index is 0.0169. The number of rotatable bonds is 24. The summed E-state index contributed by atoms with van der Waals surface area (Å²) in [6.07, 6.45) is 22.4. The van der Waals surface area contributed by atoms with Crippen LogP contribution in [-0.4, -0.2) is 75.9 Å². The molecule has 1 heterocycles. The number of hydrogen-bond acceptors (Lipinski definition) is 8. The molecule has 8 nitrogen and oxygen atoms in total. The summed E-state index contributed by atoms with van der Waals surface area (Å²) in [5.74, 6) is 3.78. The normalized spacial score (nSPS) is 38.0. The molecule has 0 aromatic rings. The van der Waals surface area contributed by atoms with Gasteiger partial charge in [0.05, 0.1) is 18.8 Å². The third-order valence-corrected chi connectivity index (χ3v) is 17.2. The fourth-order valence-corrected chi connectivity index (χ4v) is 13.4. The van der Waals surface area contributed by atoms with Crippen LogP contribution < -0.4 is 0 Å². The van der Waals surface area contributed by atoms with Crippen molar-refractivity contribution in [2.45, 2.75) is 245 Å². The SMILES string of the molecule is CCCCCCCCCCCCCCCC(=O)O[C@H]1[C@H](O[C@H]2CC[C@@]3(C)C(=C[C@@H](O)[C@H]4[C@@H]5CC[C@H]([C@H](C)CC[C@@H](CC)C(C)C)[C@@]5(C)CC[C@@H]43)C2)O[C@H](CO)[C@@H](O)[C@@H]1O. The summed E-state index contributed by atoms with van der Waals surface area (Å²) in [6, 6.07) is 0. The van der Waals surface area contributed by atoms with E-state index in [-0.39, 0.29) is 29.3 Å². The molecule has 0 aromatic heterocycles. The van der Waals surface area contributed by atoms with Crippen LogP contribution >= 0.6 is 0 Å². The van der Waals surface area contributed by atoms with E-state index in [0.29, 0.717) is 30.6 Å². The van der Waals surface area contributed by atoms with Gasteiger partial charge >= 0.3 is 5.97 Å². The summed E-state index contributed by atoms with van der Waals surface area (Å²) in [7, 11) is 0. The number of unbranched alkanes of at least 4 members (excludes halogenated alkanes) is 12. The number of aliphatic hydroxyl groups excluding tert-OH is 4. The Morgan fingerprint density at radius 3 is 2.07 bits per heavy atom. The van der Waals surface area contributed by atoms with Gasteiger partial charge in [0.2, 0.25) is 0 Å². The Balaban J connectivity index is 1.13. The van der Waals surface area contributed by atoms with E-state index in [2.05, 4.69) is 54.5 Å². The molecule has 15 atom stereocenters. The molecule has 5 rings (SSSR count). The van der Waals surface area contributed by atoms with Crippen LogP contribution in [0.2, 0.25) is 0 Å². The maximum Gasteiger partial charge on any atom is 0.306 e. The number of aliphatic hydroxyl groups is 4. The third kappa shape index (κ3) is 12.0. The van der Waals surface area contributed by atoms with Gasteiger partial charge < -0.3 is 34.6 Å². The topological polar surface area (TPSA) is 126 Å². The molecule has 0 radical (unpaired) electrons. The zero-order valence-corrected chi connectivity index (χ0v) is 38.8. The maximum absolute atomic E-state index is 13.1. The van der Waals surface area contributed by atoms with Crippen molar-refractivity contribution in [3.05, 3.63) is 11.6 Å². The van der Waals surface area contributed by atoms with Gasteiger partial charge in [-0.1, -0.05) is 150 Å². The molecule has 0 unspecified atom stereocenters. The highest BCUT2D eigenvalue weighted by molar-refractivity contribution is 5.69. The Morgan fingerprint density at radius 2 is 1.46 bits per heavy atom. The fourth-order valence-electron chi connectivity index (χ4n) is 13.4. The lowest BCUT2D eigenvalue weighted by Gasteiger charge is -2.59. The first-order valence-electron chi connectivity index (χ1n) is 25.2. The maximum atomic E-state index is 13.1. The van der Waals surface area contributed by atoms with Crippen molar-refractivity contribution in [2.24, 2.45) is 52.3 Å². The second-order valence-corrected chi connectivity index (χ2v) is 21.2. The van der Waals surface area contributed by atoms with E-state index in [4.69, 9.17) is 14.2 Å². The first-order chi connectivity index (χ1) is 28.3. The van der Waals surface area contributed by atoms with Gasteiger partial charge in [-0.3, -0.25) is 4.79 Å². The first kappa shape index (κ1) is 49.0. The highest BCUT2D eigenvalue weighted by Gasteiger charge is 2.61. The summed E-state index contributed by atoms with van der Waals surface area (Å²) in [6.45, 7) is 16.4. The molecule has 8 heteroatoms. The Kier molecular flexibility index (Phi) is 19.1. The van der Waals surface area contributed by atoms with Gasteiger partial charge in [-0.15, -0.1) is 0 Å². The van der Waals surface area contributed by atoms with Gasteiger partial charge in [-0.25, -0.2) is 0 Å². The predicted molar refractivity (Wildman–Crippen MR) is 236 cm³/mol. The van der Waals surface area contributed by atoms with Crippen LogP contribution in [-0.2, 0) is 19.0 Å². The molecule has 4 N–H and O–H groups in total. The molecule has 0 aromatic carbocycles. The average Bonchev–Trinajstić information content (AvgIpc) is 3.57. The van der Waals surface area contributed by atoms with E-state index in [1.165, 1.54) is 108 Å². The van der Waals surface area contributed by atoms with E-state index >= 15 is 0 Å². The van der Waals surface area contributed by atoms with Crippen molar-refractivity contribution in [3.8, 4) is 0 Å². The fraction of sp³-hybridized carbons (Fsp3) is 0.941. The summed E-state index contributed by atoms with van der Waals surface area (Å²) < 4.78 is 18.4. The molecule has 0 bridgehead atoms. The van der Waals surface area contributed by atoms with Crippen molar-refractivity contribution in [1.29, 1.82) is 0 Å². The standard InChI is InChI=1S/C51H90O8/c1-8-10-11-12-13-14-15-16-17-18-19-20-21-22-44(54)59-48-47(56)46(55)43(33-52)58-49(48)57-38-27-29-50(6)37(31-38)32-42(53)45-40-26-25-39(51(40,7)30-28-41(45)50)35(5)23-24-36(9-2)34(3)4/h32,34-36,38-43,45-49,52-53,55-56H,8-31,33H2,1-7H3/t35-,36-,38+,39-,40+,41+,42-,43-,45+,46-,47+,48-,49-,50+,51-/m1/s1. The number of hydrogen-bond donors (Lipinski definition) is 4. The van der Waals surface area contributed by atoms with E-state index < -0.39 is 49.4 Å². The lowest BCUT2D eigenvalue weighted by Crippen LogP contribution is -2.61. The van der Waals surface area contributed by atoms with E-state index in [1.54, 1.807) is 0 Å². The Bertz CT molecular complexity index is 1290. The van der Waals surface area contributed by atoms with Crippen molar-refractivity contribution in [1.82, 2.24) is 0 Å². The van der Waals surface area contributed by atoms with Crippen molar-refractivity contribution in [2.75, 3.05) is 6.61 Å². The molecule has 342 valence electrons. The van der Waals surface area contributed by atoms with E-state index in [1.807, 2.05) is 0 Å². The monoisotopic (exact) mass is 831 g/mol. The van der Waals surface area contributed by atoms with Gasteiger partial charge in [-0.2, -0.15) is 0 Å². The molecular weight excluding hydrogens is 741 g/mol. The molecule has 1 saturated heterocycles. The average molecular weight is 831 g/mol. The molecule has 1 aliphatic heterocycles. The number of carbonyl (C=O) groups is 1. The van der Waals surface area contributed by atoms with Gasteiger partial charge in [0, 0.05) is 6.42 Å². The number of carbonyl (C=O) groups excluding carboxylic acids is 1. The van der Waals surface area contributed by atoms with E-state index in [9.17, 15) is 25.2 Å². The number of fused-ring (bicyclic) bond motifs is 5. The molecular formula is C51H90O8. The molecule has 5 aliphatic rings. The minimum atomic E-state index is -1.44. The summed E-state index contributed by atoms with van der Waals surface area (Å²) in [5, 5.41) is 43.9. The highest BCUT2D eigenvalue weighted by Crippen LogP contribution is 2.67. The predicted octanol–water partition coefficient (Wildman–Crippen LogP) is 10.9. The Labute approximate surface area is 360 Å². The zero-order valence-electron chi connectivity index (χ0n) is 38.8. The quantitative estimate of drug-likeness (QED) is 0.0430. The molecule has 0 amide bonds. The minimum Gasteiger partial charge on any atom is -0.454 e. The summed E-state index contributed by atoms with van der Waals surface area (Å²) in [5.41, 5.74) is 1.51. The van der Waals surface area contributed by atoms with Gasteiger partial charge in [0.1, 0.15) is 18.3 Å².